The minimum atomic E-state index is 0.0999. The van der Waals surface area contributed by atoms with Gasteiger partial charge >= 0.3 is 0 Å². The van der Waals surface area contributed by atoms with Crippen molar-refractivity contribution in [3.8, 4) is 5.75 Å². The van der Waals surface area contributed by atoms with Gasteiger partial charge in [-0.2, -0.15) is 10.1 Å². The molecule has 0 unspecified atom stereocenters. The van der Waals surface area contributed by atoms with Crippen molar-refractivity contribution in [2.75, 3.05) is 23.3 Å². The summed E-state index contributed by atoms with van der Waals surface area (Å²) in [6.45, 7) is 10.2. The van der Waals surface area contributed by atoms with Gasteiger partial charge in [0.15, 0.2) is 5.82 Å². The number of nitrogens with one attached hydrogen (secondary N) is 1. The van der Waals surface area contributed by atoms with Crippen LogP contribution in [0.4, 0.5) is 17.5 Å². The molecule has 1 aromatic carbocycles. The quantitative estimate of drug-likeness (QED) is 0.749. The SMILES string of the molecule is CCCN(CCC)c1cnnc(Nc2ccccc2OC(C)C)n1. The highest BCUT2D eigenvalue weighted by atomic mass is 16.5. The molecule has 6 heteroatoms. The maximum absolute atomic E-state index is 5.82. The van der Waals surface area contributed by atoms with Crippen molar-refractivity contribution < 1.29 is 4.74 Å². The molecule has 0 aliphatic rings. The highest BCUT2D eigenvalue weighted by molar-refractivity contribution is 5.62. The van der Waals surface area contributed by atoms with Crippen LogP contribution >= 0.6 is 0 Å². The highest BCUT2D eigenvalue weighted by Gasteiger charge is 2.11. The normalized spacial score (nSPS) is 10.7. The van der Waals surface area contributed by atoms with E-state index in [1.54, 1.807) is 6.20 Å². The number of benzene rings is 1. The first kappa shape index (κ1) is 18.0. The lowest BCUT2D eigenvalue weighted by molar-refractivity contribution is 0.244. The summed E-state index contributed by atoms with van der Waals surface area (Å²) in [7, 11) is 0. The second kappa shape index (κ2) is 9.05. The summed E-state index contributed by atoms with van der Waals surface area (Å²) < 4.78 is 5.82. The number of hydrogen-bond donors (Lipinski definition) is 1. The van der Waals surface area contributed by atoms with E-state index in [1.807, 2.05) is 38.1 Å². The summed E-state index contributed by atoms with van der Waals surface area (Å²) in [5.41, 5.74) is 0.836. The molecule has 2 aromatic rings. The van der Waals surface area contributed by atoms with E-state index < -0.39 is 0 Å². The van der Waals surface area contributed by atoms with Crippen molar-refractivity contribution in [1.82, 2.24) is 15.2 Å². The number of para-hydroxylation sites is 2. The molecule has 0 radical (unpaired) electrons. The maximum Gasteiger partial charge on any atom is 0.249 e. The zero-order valence-corrected chi connectivity index (χ0v) is 15.0. The van der Waals surface area contributed by atoms with Crippen molar-refractivity contribution in [3.63, 3.8) is 0 Å². The van der Waals surface area contributed by atoms with Crippen LogP contribution in [0.2, 0.25) is 0 Å². The molecule has 0 fully saturated rings. The fourth-order valence-electron chi connectivity index (χ4n) is 2.43. The van der Waals surface area contributed by atoms with Crippen LogP contribution < -0.4 is 15.0 Å². The van der Waals surface area contributed by atoms with E-state index in [4.69, 9.17) is 4.74 Å². The molecule has 1 heterocycles. The molecule has 0 atom stereocenters. The van der Waals surface area contributed by atoms with E-state index >= 15 is 0 Å². The molecule has 6 nitrogen and oxygen atoms in total. The maximum atomic E-state index is 5.82. The fourth-order valence-corrected chi connectivity index (χ4v) is 2.43. The van der Waals surface area contributed by atoms with E-state index in [2.05, 4.69) is 39.2 Å². The molecule has 24 heavy (non-hydrogen) atoms. The number of aromatic nitrogens is 3. The lowest BCUT2D eigenvalue weighted by atomic mass is 10.3. The number of ether oxygens (including phenoxy) is 1. The van der Waals surface area contributed by atoms with Gasteiger partial charge < -0.3 is 15.0 Å². The van der Waals surface area contributed by atoms with Gasteiger partial charge in [-0.1, -0.05) is 26.0 Å². The zero-order valence-electron chi connectivity index (χ0n) is 15.0. The summed E-state index contributed by atoms with van der Waals surface area (Å²) in [6.07, 6.45) is 3.95. The van der Waals surface area contributed by atoms with Gasteiger partial charge in [-0.05, 0) is 38.8 Å². The Morgan fingerprint density at radius 2 is 1.83 bits per heavy atom. The fraction of sp³-hybridized carbons (Fsp3) is 0.500. The van der Waals surface area contributed by atoms with Crippen LogP contribution in [0, 0.1) is 0 Å². The van der Waals surface area contributed by atoms with Gasteiger partial charge in [0, 0.05) is 13.1 Å². The Morgan fingerprint density at radius 3 is 2.50 bits per heavy atom. The predicted octanol–water partition coefficient (Wildman–Crippen LogP) is 4.03. The molecule has 0 aliphatic carbocycles. The molecule has 0 bridgehead atoms. The second-order valence-corrected chi connectivity index (χ2v) is 5.91. The summed E-state index contributed by atoms with van der Waals surface area (Å²) >= 11 is 0. The standard InChI is InChI=1S/C18H27N5O/c1-5-11-23(12-6-2)17-13-19-22-18(21-17)20-15-9-7-8-10-16(15)24-14(3)4/h7-10,13-14H,5-6,11-12H2,1-4H3,(H,20,21,22). The third-order valence-electron chi connectivity index (χ3n) is 3.35. The van der Waals surface area contributed by atoms with Gasteiger partial charge in [0.05, 0.1) is 18.0 Å². The summed E-state index contributed by atoms with van der Waals surface area (Å²) in [5, 5.41) is 11.4. The number of rotatable bonds is 9. The molecule has 0 saturated heterocycles. The second-order valence-electron chi connectivity index (χ2n) is 5.91. The van der Waals surface area contributed by atoms with Gasteiger partial charge in [-0.25, -0.2) is 0 Å². The minimum Gasteiger partial charge on any atom is -0.489 e. The topological polar surface area (TPSA) is 63.2 Å². The van der Waals surface area contributed by atoms with Crippen LogP contribution in [0.5, 0.6) is 5.75 Å². The lowest BCUT2D eigenvalue weighted by Gasteiger charge is -2.22. The third-order valence-corrected chi connectivity index (χ3v) is 3.35. The Morgan fingerprint density at radius 1 is 1.12 bits per heavy atom. The van der Waals surface area contributed by atoms with E-state index in [0.29, 0.717) is 5.95 Å². The van der Waals surface area contributed by atoms with Crippen molar-refractivity contribution in [3.05, 3.63) is 30.5 Å². The van der Waals surface area contributed by atoms with Crippen molar-refractivity contribution in [2.45, 2.75) is 46.6 Å². The van der Waals surface area contributed by atoms with Crippen molar-refractivity contribution >= 4 is 17.5 Å². The number of anilines is 3. The van der Waals surface area contributed by atoms with Gasteiger partial charge in [0.2, 0.25) is 5.95 Å². The number of nitrogens with zero attached hydrogens (tertiary/aromatic N) is 4. The molecule has 1 aromatic heterocycles. The molecule has 0 spiro atoms. The van der Waals surface area contributed by atoms with Crippen LogP contribution in [0.25, 0.3) is 0 Å². The Balaban J connectivity index is 2.20. The van der Waals surface area contributed by atoms with Crippen LogP contribution in [0.1, 0.15) is 40.5 Å². The van der Waals surface area contributed by atoms with Gasteiger partial charge in [0.1, 0.15) is 5.75 Å². The van der Waals surface area contributed by atoms with Crippen molar-refractivity contribution in [2.24, 2.45) is 0 Å². The van der Waals surface area contributed by atoms with E-state index in [9.17, 15) is 0 Å². The van der Waals surface area contributed by atoms with Crippen LogP contribution in [-0.4, -0.2) is 34.4 Å². The van der Waals surface area contributed by atoms with Gasteiger partial charge in [-0.3, -0.25) is 0 Å². The average molecular weight is 329 g/mol. The lowest BCUT2D eigenvalue weighted by Crippen LogP contribution is -2.26. The van der Waals surface area contributed by atoms with E-state index in [-0.39, 0.29) is 6.10 Å². The first-order valence-electron chi connectivity index (χ1n) is 8.61. The molecular weight excluding hydrogens is 302 g/mol. The molecule has 130 valence electrons. The van der Waals surface area contributed by atoms with E-state index in [0.717, 1.165) is 43.2 Å². The first-order valence-corrected chi connectivity index (χ1v) is 8.61. The van der Waals surface area contributed by atoms with E-state index in [1.165, 1.54) is 0 Å². The van der Waals surface area contributed by atoms with Crippen LogP contribution in [0.3, 0.4) is 0 Å². The number of hydrogen-bond acceptors (Lipinski definition) is 6. The first-order chi connectivity index (χ1) is 11.6. The van der Waals surface area contributed by atoms with Crippen LogP contribution in [-0.2, 0) is 0 Å². The molecule has 2 rings (SSSR count). The zero-order chi connectivity index (χ0) is 17.4. The van der Waals surface area contributed by atoms with Crippen LogP contribution in [0.15, 0.2) is 30.5 Å². The van der Waals surface area contributed by atoms with Gasteiger partial charge in [-0.15, -0.1) is 5.10 Å². The highest BCUT2D eigenvalue weighted by Crippen LogP contribution is 2.27. The molecule has 0 amide bonds. The smallest absolute Gasteiger partial charge is 0.249 e. The Kier molecular flexibility index (Phi) is 6.78. The Bertz CT molecular complexity index is 626. The van der Waals surface area contributed by atoms with Crippen molar-refractivity contribution in [1.29, 1.82) is 0 Å². The Hall–Kier alpha value is -2.37. The minimum absolute atomic E-state index is 0.0999. The largest absolute Gasteiger partial charge is 0.489 e. The summed E-state index contributed by atoms with van der Waals surface area (Å²) in [4.78, 5) is 6.84. The molecule has 1 N–H and O–H groups in total. The molecular formula is C18H27N5O. The average Bonchev–Trinajstić information content (AvgIpc) is 2.56. The summed E-state index contributed by atoms with van der Waals surface area (Å²) in [5.74, 6) is 2.10. The van der Waals surface area contributed by atoms with Gasteiger partial charge in [0.25, 0.3) is 0 Å². The third kappa shape index (κ3) is 5.08. The summed E-state index contributed by atoms with van der Waals surface area (Å²) in [6, 6.07) is 7.78. The molecule has 0 saturated carbocycles. The Labute approximate surface area is 144 Å². The monoisotopic (exact) mass is 329 g/mol. The predicted molar refractivity (Wildman–Crippen MR) is 98.1 cm³/mol. The molecule has 0 aliphatic heterocycles.